The Hall–Kier alpha value is -5.94. The van der Waals surface area contributed by atoms with Crippen LogP contribution < -0.4 is 76.5 Å². The number of fused-ring (bicyclic) bond motifs is 6. The normalized spacial score (nSPS) is 11.7. The minimum Gasteiger partial charge on any atom is -0.457 e. The second-order valence-corrected chi connectivity index (χ2v) is 15.4. The Bertz CT molecular complexity index is 3670. The van der Waals surface area contributed by atoms with Crippen LogP contribution in [0.3, 0.4) is 0 Å². The molecule has 0 saturated heterocycles. The Kier molecular flexibility index (Phi) is 10.1. The molecule has 0 fully saturated rings. The summed E-state index contributed by atoms with van der Waals surface area (Å²) >= 11 is 0. The van der Waals surface area contributed by atoms with Gasteiger partial charge in [-0.05, 0) is 22.3 Å². The summed E-state index contributed by atoms with van der Waals surface area (Å²) in [4.78, 5) is 15.0. The van der Waals surface area contributed by atoms with E-state index in [9.17, 15) is 0 Å². The number of benzene rings is 7. The third kappa shape index (κ3) is 6.09. The van der Waals surface area contributed by atoms with Crippen LogP contribution in [0.1, 0.15) is 0 Å². The molecule has 28 radical (unpaired) electrons. The van der Waals surface area contributed by atoms with Crippen molar-refractivity contribution in [3.05, 3.63) is 78.9 Å². The van der Waals surface area contributed by atoms with Gasteiger partial charge in [0.25, 0.3) is 0 Å². The van der Waals surface area contributed by atoms with Crippen molar-refractivity contribution in [3.63, 3.8) is 0 Å². The first-order valence-electron chi connectivity index (χ1n) is 19.5. The molecule has 5 nitrogen and oxygen atoms in total. The summed E-state index contributed by atoms with van der Waals surface area (Å²) in [7, 11) is 91.9. The zero-order valence-corrected chi connectivity index (χ0v) is 33.7. The summed E-state index contributed by atoms with van der Waals surface area (Å²) in [6.07, 6.45) is 0. The predicted octanol–water partition coefficient (Wildman–Crippen LogP) is -4.88. The highest BCUT2D eigenvalue weighted by molar-refractivity contribution is 6.71. The van der Waals surface area contributed by atoms with Crippen molar-refractivity contribution in [2.45, 2.75) is 0 Å². The van der Waals surface area contributed by atoms with Gasteiger partial charge in [-0.3, -0.25) is 0 Å². The van der Waals surface area contributed by atoms with Gasteiger partial charge >= 0.3 is 0 Å². The molecule has 0 bridgehead atoms. The molecule has 19 heteroatoms. The van der Waals surface area contributed by atoms with Gasteiger partial charge in [-0.15, -0.1) is 27.3 Å². The van der Waals surface area contributed by atoms with Crippen LogP contribution in [0.15, 0.2) is 87.7 Å². The average Bonchev–Trinajstić information content (AvgIpc) is 3.92. The van der Waals surface area contributed by atoms with E-state index in [0.717, 1.165) is 22.3 Å². The first kappa shape index (κ1) is 42.0. The lowest BCUT2D eigenvalue weighted by molar-refractivity contribution is 0.673. The summed E-state index contributed by atoms with van der Waals surface area (Å²) in [5, 5.41) is 1.01. The predicted molar refractivity (Wildman–Crippen MR) is 277 cm³/mol. The average molecular weight is 779 g/mol. The third-order valence-corrected chi connectivity index (χ3v) is 11.8. The number of aromatic nitrogens is 3. The zero-order chi connectivity index (χ0) is 45.2. The van der Waals surface area contributed by atoms with E-state index < -0.39 is 0 Å². The van der Waals surface area contributed by atoms with E-state index in [1.165, 1.54) is 0 Å². The fourth-order valence-electron chi connectivity index (χ4n) is 8.38. The Balaban J connectivity index is 1.31. The molecule has 3 heterocycles. The highest BCUT2D eigenvalue weighted by Crippen LogP contribution is 2.36. The van der Waals surface area contributed by atoms with Crippen LogP contribution in [0, 0.1) is 0 Å². The van der Waals surface area contributed by atoms with Crippen molar-refractivity contribution in [2.75, 3.05) is 0 Å². The van der Waals surface area contributed by atoms with Crippen molar-refractivity contribution in [3.8, 4) is 56.4 Å². The minimum absolute atomic E-state index is 0.0146. The van der Waals surface area contributed by atoms with E-state index in [-0.39, 0.29) is 149 Å². The number of rotatable bonds is 5. The molecular formula is C45H13B14N3O2. The highest BCUT2D eigenvalue weighted by Gasteiger charge is 2.28. The zero-order valence-electron chi connectivity index (χ0n) is 33.7. The Morgan fingerprint density at radius 1 is 0.266 bits per heavy atom. The summed E-state index contributed by atoms with van der Waals surface area (Å²) < 4.78 is 12.6. The second-order valence-electron chi connectivity index (χ2n) is 15.4. The fourth-order valence-corrected chi connectivity index (χ4v) is 8.38. The van der Waals surface area contributed by atoms with Gasteiger partial charge in [0.1, 0.15) is 132 Å². The quantitative estimate of drug-likeness (QED) is 0.164. The second kappa shape index (κ2) is 15.4. The van der Waals surface area contributed by atoms with Gasteiger partial charge < -0.3 is 8.83 Å². The van der Waals surface area contributed by atoms with Crippen LogP contribution in [0.5, 0.6) is 0 Å². The molecule has 0 spiro atoms. The van der Waals surface area contributed by atoms with Gasteiger partial charge in [0.15, 0.2) is 17.5 Å². The van der Waals surface area contributed by atoms with Crippen LogP contribution in [0.2, 0.25) is 0 Å². The molecule has 262 valence electrons. The van der Waals surface area contributed by atoms with Gasteiger partial charge in [0.05, 0.1) is 5.56 Å². The maximum Gasteiger partial charge on any atom is 0.167 e. The fraction of sp³-hybridized carbons (Fsp3) is 0. The third-order valence-electron chi connectivity index (χ3n) is 11.8. The molecule has 0 aliphatic heterocycles. The SMILES string of the molecule is [B]c1c([B])c([B])c2c(oc3c([B])c([B])c(-c4nc(-c5ccccc5-c5ccc(-c6ccccc6)cc5)nc(-c5c([B])c([B])c([B])c6c5oc5c([B])c([B])c([B])c([B])c56)n4)c([B])c32)c1[B]. The standard InChI is InChI=1S/C45H13B14N3O2/c46-25-19-21-27(48)32(53)35(56)38(59)42(21)64-40(19)36(57)29(50)23(25)44-60-43(18-9-5-4-8-17(18)16-12-10-15(11-13-16)14-6-2-1-3-7-14)61-45(62-44)24-30(51)31(52)26(47)20-22-28(49)33(54)34(55)37(58)41(22)63-39(20)24/h1-13H. The number of hydrogen-bond acceptors (Lipinski definition) is 5. The van der Waals surface area contributed by atoms with Gasteiger partial charge in [0.2, 0.25) is 0 Å². The van der Waals surface area contributed by atoms with Crippen molar-refractivity contribution in [1.82, 2.24) is 15.0 Å². The van der Waals surface area contributed by atoms with Gasteiger partial charge in [-0.1, -0.05) is 128 Å². The van der Waals surface area contributed by atoms with E-state index >= 15 is 0 Å². The van der Waals surface area contributed by atoms with Gasteiger partial charge in [0, 0.05) is 32.7 Å². The maximum absolute atomic E-state index is 7.08. The number of nitrogens with zero attached hydrogens (tertiary/aromatic N) is 3. The maximum atomic E-state index is 7.08. The first-order chi connectivity index (χ1) is 30.6. The van der Waals surface area contributed by atoms with Crippen molar-refractivity contribution >= 4 is 230 Å². The molecule has 0 aliphatic carbocycles. The lowest BCUT2D eigenvalue weighted by atomic mass is 9.64. The molecule has 7 aromatic carbocycles. The lowest BCUT2D eigenvalue weighted by Gasteiger charge is -2.19. The lowest BCUT2D eigenvalue weighted by Crippen LogP contribution is -2.48. The Labute approximate surface area is 387 Å². The van der Waals surface area contributed by atoms with E-state index in [4.69, 9.17) is 134 Å². The monoisotopic (exact) mass is 781 g/mol. The highest BCUT2D eigenvalue weighted by atomic mass is 16.3. The van der Waals surface area contributed by atoms with E-state index in [1.54, 1.807) is 0 Å². The summed E-state index contributed by atoms with van der Waals surface area (Å²) in [5.74, 6) is 0.0641. The molecule has 10 rings (SSSR count). The number of furan rings is 2. The minimum atomic E-state index is -0.0475. The molecular weight excluding hydrogens is 766 g/mol. The molecule has 0 aliphatic rings. The Morgan fingerprint density at radius 3 is 1.19 bits per heavy atom. The molecule has 0 amide bonds. The first-order valence-corrected chi connectivity index (χ1v) is 19.5. The smallest absolute Gasteiger partial charge is 0.167 e. The van der Waals surface area contributed by atoms with Gasteiger partial charge in [-0.2, -0.15) is 0 Å². The van der Waals surface area contributed by atoms with Crippen LogP contribution in [-0.2, 0) is 0 Å². The van der Waals surface area contributed by atoms with E-state index in [2.05, 4.69) is 0 Å². The number of hydrogen-bond donors (Lipinski definition) is 0. The molecule has 64 heavy (non-hydrogen) atoms. The molecule has 3 aromatic heterocycles. The van der Waals surface area contributed by atoms with Crippen LogP contribution >= 0.6 is 0 Å². The van der Waals surface area contributed by atoms with E-state index in [0.29, 0.717) is 5.56 Å². The van der Waals surface area contributed by atoms with Crippen LogP contribution in [0.4, 0.5) is 0 Å². The summed E-state index contributed by atoms with van der Waals surface area (Å²) in [5.41, 5.74) is 5.04. The Morgan fingerprint density at radius 2 is 0.625 bits per heavy atom. The van der Waals surface area contributed by atoms with Crippen molar-refractivity contribution in [1.29, 1.82) is 0 Å². The topological polar surface area (TPSA) is 65.0 Å². The molecule has 0 N–H and O–H groups in total. The van der Waals surface area contributed by atoms with E-state index in [1.807, 2.05) is 78.9 Å². The molecule has 0 unspecified atom stereocenters. The summed E-state index contributed by atoms with van der Waals surface area (Å²) in [6, 6.07) is 25.7. The summed E-state index contributed by atoms with van der Waals surface area (Å²) in [6.45, 7) is 0. The van der Waals surface area contributed by atoms with Gasteiger partial charge in [-0.25, -0.2) is 15.0 Å². The molecule has 0 atom stereocenters. The van der Waals surface area contributed by atoms with Crippen LogP contribution in [-0.4, -0.2) is 125 Å². The van der Waals surface area contributed by atoms with Crippen molar-refractivity contribution in [2.24, 2.45) is 0 Å². The van der Waals surface area contributed by atoms with Crippen molar-refractivity contribution < 1.29 is 8.83 Å². The molecule has 10 aromatic rings. The molecule has 0 saturated carbocycles. The van der Waals surface area contributed by atoms with Crippen LogP contribution in [0.25, 0.3) is 100 Å². The largest absolute Gasteiger partial charge is 0.457 e.